The molecule has 1 heterocycles. The number of nitrogens with zero attached hydrogens (tertiary/aromatic N) is 3. The van der Waals surface area contributed by atoms with Gasteiger partial charge >= 0.3 is 0 Å². The Hall–Kier alpha value is -2.08. The van der Waals surface area contributed by atoms with Gasteiger partial charge in [-0.1, -0.05) is 6.07 Å². The first-order chi connectivity index (χ1) is 9.31. The molecule has 6 nitrogen and oxygen atoms in total. The van der Waals surface area contributed by atoms with E-state index in [2.05, 4.69) is 10.2 Å². The molecule has 0 amide bonds. The Morgan fingerprint density at radius 2 is 1.79 bits per heavy atom. The number of aromatic nitrogens is 3. The van der Waals surface area contributed by atoms with Crippen molar-refractivity contribution in [3.8, 4) is 22.9 Å². The van der Waals surface area contributed by atoms with E-state index in [0.717, 1.165) is 5.56 Å². The van der Waals surface area contributed by atoms with E-state index in [1.807, 2.05) is 22.8 Å². The molecule has 0 atom stereocenters. The van der Waals surface area contributed by atoms with Crippen molar-refractivity contribution in [1.29, 1.82) is 0 Å². The summed E-state index contributed by atoms with van der Waals surface area (Å²) in [5, 5.41) is 8.10. The van der Waals surface area contributed by atoms with Crippen molar-refractivity contribution >= 4 is 0 Å². The van der Waals surface area contributed by atoms with Gasteiger partial charge in [0.2, 0.25) is 0 Å². The van der Waals surface area contributed by atoms with E-state index >= 15 is 0 Å². The van der Waals surface area contributed by atoms with E-state index in [1.165, 1.54) is 0 Å². The molecule has 0 aliphatic heterocycles. The zero-order valence-electron chi connectivity index (χ0n) is 11.3. The van der Waals surface area contributed by atoms with Crippen molar-refractivity contribution in [3.05, 3.63) is 24.5 Å². The predicted molar refractivity (Wildman–Crippen MR) is 70.4 cm³/mol. The lowest BCUT2D eigenvalue weighted by Crippen LogP contribution is -2.06. The first kappa shape index (κ1) is 13.4. The fourth-order valence-corrected chi connectivity index (χ4v) is 1.87. The van der Waals surface area contributed by atoms with Crippen LogP contribution in [0.25, 0.3) is 11.4 Å². The average Bonchev–Trinajstić information content (AvgIpc) is 2.91. The van der Waals surface area contributed by atoms with Crippen LogP contribution in [0.3, 0.4) is 0 Å². The lowest BCUT2D eigenvalue weighted by Gasteiger charge is -2.13. The number of hydrogen-bond donors (Lipinski definition) is 0. The Labute approximate surface area is 111 Å². The summed E-state index contributed by atoms with van der Waals surface area (Å²) in [6, 6.07) is 5.61. The van der Waals surface area contributed by atoms with Crippen molar-refractivity contribution in [2.75, 3.05) is 27.9 Å². The van der Waals surface area contributed by atoms with E-state index < -0.39 is 0 Å². The molecule has 102 valence electrons. The Bertz CT molecular complexity index is 517. The fourth-order valence-electron chi connectivity index (χ4n) is 1.87. The summed E-state index contributed by atoms with van der Waals surface area (Å²) in [6.07, 6.45) is 1.67. The third-order valence-electron chi connectivity index (χ3n) is 2.80. The molecule has 0 aliphatic rings. The predicted octanol–water partition coefficient (Wildman–Crippen LogP) is 1.61. The summed E-state index contributed by atoms with van der Waals surface area (Å²) in [6.45, 7) is 1.25. The third-order valence-corrected chi connectivity index (χ3v) is 2.80. The number of hydrogen-bond acceptors (Lipinski definition) is 5. The van der Waals surface area contributed by atoms with E-state index in [-0.39, 0.29) is 0 Å². The summed E-state index contributed by atoms with van der Waals surface area (Å²) in [5.74, 6) is 2.10. The van der Waals surface area contributed by atoms with Crippen LogP contribution in [0.4, 0.5) is 0 Å². The highest BCUT2D eigenvalue weighted by Gasteiger charge is 2.17. The van der Waals surface area contributed by atoms with Gasteiger partial charge in [-0.3, -0.25) is 0 Å². The van der Waals surface area contributed by atoms with Gasteiger partial charge < -0.3 is 18.8 Å². The normalized spacial score (nSPS) is 10.5. The summed E-state index contributed by atoms with van der Waals surface area (Å²) in [5.41, 5.74) is 0.793. The zero-order chi connectivity index (χ0) is 13.7. The fraction of sp³-hybridized carbons (Fsp3) is 0.385. The number of rotatable bonds is 6. The maximum atomic E-state index is 5.38. The Kier molecular flexibility index (Phi) is 4.35. The maximum absolute atomic E-state index is 5.38. The van der Waals surface area contributed by atoms with E-state index in [9.17, 15) is 0 Å². The zero-order valence-corrected chi connectivity index (χ0v) is 11.3. The third kappa shape index (κ3) is 2.68. The van der Waals surface area contributed by atoms with Gasteiger partial charge in [0.25, 0.3) is 0 Å². The average molecular weight is 263 g/mol. The van der Waals surface area contributed by atoms with Crippen LogP contribution in [0.15, 0.2) is 24.5 Å². The highest BCUT2D eigenvalue weighted by Crippen LogP contribution is 2.36. The second-order valence-corrected chi connectivity index (χ2v) is 3.88. The summed E-state index contributed by atoms with van der Waals surface area (Å²) >= 11 is 0. The van der Waals surface area contributed by atoms with Crippen LogP contribution in [0, 0.1) is 0 Å². The van der Waals surface area contributed by atoms with Crippen molar-refractivity contribution in [1.82, 2.24) is 14.8 Å². The molecule has 1 aromatic heterocycles. The minimum atomic E-state index is 0.586. The van der Waals surface area contributed by atoms with E-state index in [0.29, 0.717) is 30.5 Å². The number of ether oxygens (including phenoxy) is 3. The van der Waals surface area contributed by atoms with E-state index in [4.69, 9.17) is 14.2 Å². The van der Waals surface area contributed by atoms with Crippen LogP contribution >= 0.6 is 0 Å². The minimum Gasteiger partial charge on any atom is -0.496 e. The molecule has 0 fully saturated rings. The van der Waals surface area contributed by atoms with Gasteiger partial charge in [-0.15, -0.1) is 10.2 Å². The molecule has 0 N–H and O–H groups in total. The van der Waals surface area contributed by atoms with Crippen LogP contribution in [0.1, 0.15) is 0 Å². The van der Waals surface area contributed by atoms with Crippen LogP contribution in [0.2, 0.25) is 0 Å². The van der Waals surface area contributed by atoms with Gasteiger partial charge in [0.1, 0.15) is 23.4 Å². The Morgan fingerprint density at radius 3 is 2.37 bits per heavy atom. The van der Waals surface area contributed by atoms with Crippen molar-refractivity contribution in [2.45, 2.75) is 6.54 Å². The van der Waals surface area contributed by atoms with Crippen LogP contribution < -0.4 is 9.47 Å². The highest BCUT2D eigenvalue weighted by atomic mass is 16.5. The maximum Gasteiger partial charge on any atom is 0.171 e. The molecule has 1 aromatic carbocycles. The molecule has 19 heavy (non-hydrogen) atoms. The van der Waals surface area contributed by atoms with Crippen molar-refractivity contribution < 1.29 is 14.2 Å². The largest absolute Gasteiger partial charge is 0.496 e. The van der Waals surface area contributed by atoms with Crippen LogP contribution in [-0.4, -0.2) is 42.7 Å². The first-order valence-electron chi connectivity index (χ1n) is 5.90. The molecule has 0 unspecified atom stereocenters. The molecule has 2 aromatic rings. The molecule has 0 aliphatic carbocycles. The highest BCUT2D eigenvalue weighted by molar-refractivity contribution is 5.72. The molecule has 0 saturated heterocycles. The van der Waals surface area contributed by atoms with E-state index in [1.54, 1.807) is 27.7 Å². The van der Waals surface area contributed by atoms with Gasteiger partial charge in [-0.05, 0) is 12.1 Å². The number of methoxy groups -OCH3 is 3. The lowest BCUT2D eigenvalue weighted by atomic mass is 10.1. The van der Waals surface area contributed by atoms with Crippen LogP contribution in [0.5, 0.6) is 11.5 Å². The lowest BCUT2D eigenvalue weighted by molar-refractivity contribution is 0.187. The van der Waals surface area contributed by atoms with Crippen molar-refractivity contribution in [3.63, 3.8) is 0 Å². The summed E-state index contributed by atoms with van der Waals surface area (Å²) < 4.78 is 17.7. The molecule has 2 rings (SSSR count). The van der Waals surface area contributed by atoms with Gasteiger partial charge in [-0.2, -0.15) is 0 Å². The molecule has 0 radical (unpaired) electrons. The smallest absolute Gasteiger partial charge is 0.171 e. The molecule has 0 spiro atoms. The molecular weight excluding hydrogens is 246 g/mol. The van der Waals surface area contributed by atoms with Gasteiger partial charge in [0, 0.05) is 13.7 Å². The Morgan fingerprint density at radius 1 is 1.11 bits per heavy atom. The standard InChI is InChI=1S/C13H17N3O3/c1-17-8-7-16-9-14-15-13(16)12-10(18-2)5-4-6-11(12)19-3/h4-6,9H,7-8H2,1-3H3. The van der Waals surface area contributed by atoms with Gasteiger partial charge in [0.15, 0.2) is 5.82 Å². The molecular formula is C13H17N3O3. The SMILES string of the molecule is COCCn1cnnc1-c1c(OC)cccc1OC. The number of benzene rings is 1. The monoisotopic (exact) mass is 263 g/mol. The molecule has 6 heteroatoms. The van der Waals surface area contributed by atoms with Crippen molar-refractivity contribution in [2.24, 2.45) is 0 Å². The second kappa shape index (κ2) is 6.19. The first-order valence-corrected chi connectivity index (χ1v) is 5.90. The van der Waals surface area contributed by atoms with Gasteiger partial charge in [-0.25, -0.2) is 0 Å². The minimum absolute atomic E-state index is 0.586. The summed E-state index contributed by atoms with van der Waals surface area (Å²) in [7, 11) is 4.90. The Balaban J connectivity index is 2.48. The molecule has 0 bridgehead atoms. The quantitative estimate of drug-likeness (QED) is 0.792. The van der Waals surface area contributed by atoms with Gasteiger partial charge in [0.05, 0.1) is 20.8 Å². The summed E-state index contributed by atoms with van der Waals surface area (Å²) in [4.78, 5) is 0. The van der Waals surface area contributed by atoms with Crippen LogP contribution in [-0.2, 0) is 11.3 Å². The second-order valence-electron chi connectivity index (χ2n) is 3.88. The molecule has 0 saturated carbocycles. The topological polar surface area (TPSA) is 58.4 Å².